The van der Waals surface area contributed by atoms with Crippen molar-refractivity contribution in [3.8, 4) is 0 Å². The molecule has 1 aliphatic heterocycles. The molecule has 0 bridgehead atoms. The van der Waals surface area contributed by atoms with Crippen molar-refractivity contribution in [2.24, 2.45) is 5.41 Å². The molecule has 0 aromatic rings. The van der Waals surface area contributed by atoms with Crippen LogP contribution in [0.1, 0.15) is 47.0 Å². The summed E-state index contributed by atoms with van der Waals surface area (Å²) in [7, 11) is 0. The fourth-order valence-corrected chi connectivity index (χ4v) is 2.64. The van der Waals surface area contributed by atoms with E-state index in [-0.39, 0.29) is 29.4 Å². The largest absolute Gasteiger partial charge is 0.461 e. The molecule has 0 radical (unpaired) electrons. The van der Waals surface area contributed by atoms with Crippen LogP contribution < -0.4 is 5.32 Å². The number of rotatable bonds is 5. The van der Waals surface area contributed by atoms with Gasteiger partial charge in [-0.3, -0.25) is 5.41 Å². The summed E-state index contributed by atoms with van der Waals surface area (Å²) in [4.78, 5) is 11.6. The fourth-order valence-electron chi connectivity index (χ4n) is 2.64. The van der Waals surface area contributed by atoms with Crippen LogP contribution in [0.15, 0.2) is 11.8 Å². The van der Waals surface area contributed by atoms with Gasteiger partial charge in [-0.15, -0.1) is 0 Å². The van der Waals surface area contributed by atoms with E-state index in [0.717, 1.165) is 31.6 Å². The quantitative estimate of drug-likeness (QED) is 0.603. The van der Waals surface area contributed by atoms with E-state index in [1.165, 1.54) is 0 Å². The zero-order valence-corrected chi connectivity index (χ0v) is 13.4. The van der Waals surface area contributed by atoms with E-state index >= 15 is 0 Å². The van der Waals surface area contributed by atoms with Gasteiger partial charge in [0.05, 0.1) is 18.2 Å². The van der Waals surface area contributed by atoms with Crippen LogP contribution in [0.4, 0.5) is 0 Å². The maximum atomic E-state index is 11.6. The molecule has 5 heteroatoms. The highest BCUT2D eigenvalue weighted by molar-refractivity contribution is 6.39. The van der Waals surface area contributed by atoms with Gasteiger partial charge in [-0.05, 0) is 32.3 Å². The Hall–Kier alpha value is -1.36. The molecule has 0 amide bonds. The van der Waals surface area contributed by atoms with E-state index in [9.17, 15) is 4.79 Å². The summed E-state index contributed by atoms with van der Waals surface area (Å²) < 4.78 is 10.7. The van der Waals surface area contributed by atoms with Gasteiger partial charge in [-0.1, -0.05) is 20.8 Å². The molecule has 1 unspecified atom stereocenters. The molecule has 2 N–H and O–H groups in total. The topological polar surface area (TPSA) is 71.4 Å². The lowest BCUT2D eigenvalue weighted by Gasteiger charge is -2.30. The fraction of sp³-hybridized carbons (Fsp3) is 0.750. The third-order valence-electron chi connectivity index (χ3n) is 4.10. The van der Waals surface area contributed by atoms with Crippen LogP contribution in [0.25, 0.3) is 0 Å². The Morgan fingerprint density at radius 3 is 2.67 bits per heavy atom. The molecule has 1 atom stereocenters. The summed E-state index contributed by atoms with van der Waals surface area (Å²) >= 11 is 0. The normalized spacial score (nSPS) is 24.0. The summed E-state index contributed by atoms with van der Waals surface area (Å²) in [5.41, 5.74) is 0.605. The number of carbonyl (C=O) groups excluding carboxylic acids is 1. The first-order chi connectivity index (χ1) is 9.78. The van der Waals surface area contributed by atoms with Gasteiger partial charge < -0.3 is 14.8 Å². The van der Waals surface area contributed by atoms with E-state index in [1.807, 2.05) is 0 Å². The van der Waals surface area contributed by atoms with Crippen molar-refractivity contribution in [2.75, 3.05) is 13.2 Å². The molecule has 0 aromatic heterocycles. The van der Waals surface area contributed by atoms with Crippen molar-refractivity contribution >= 4 is 11.7 Å². The Bertz CT molecular complexity index is 459. The number of allylic oxidation sites excluding steroid dienone is 1. The second-order valence-electron chi connectivity index (χ2n) is 6.84. The average molecular weight is 294 g/mol. The highest BCUT2D eigenvalue weighted by atomic mass is 16.5. The molecule has 1 heterocycles. The standard InChI is InChI=1S/C16H26N2O3/c1-5-20-14(19)11(17)10-13(15(2,3)4)18-12-6-9-21-16(12)7-8-16/h10,12,17-18H,5-9H2,1-4H3/b13-10-,17-11?. The van der Waals surface area contributed by atoms with Crippen molar-refractivity contribution in [3.63, 3.8) is 0 Å². The maximum Gasteiger partial charge on any atom is 0.356 e. The van der Waals surface area contributed by atoms with Crippen LogP contribution in [0.2, 0.25) is 0 Å². The van der Waals surface area contributed by atoms with Gasteiger partial charge in [0.2, 0.25) is 0 Å². The smallest absolute Gasteiger partial charge is 0.356 e. The van der Waals surface area contributed by atoms with Crippen molar-refractivity contribution in [1.29, 1.82) is 5.41 Å². The summed E-state index contributed by atoms with van der Waals surface area (Å²) in [5, 5.41) is 11.4. The summed E-state index contributed by atoms with van der Waals surface area (Å²) in [6, 6.07) is 0.276. The number of esters is 1. The molecular weight excluding hydrogens is 268 g/mol. The Balaban J connectivity index is 2.11. The molecule has 1 spiro atoms. The van der Waals surface area contributed by atoms with Gasteiger partial charge in [0.25, 0.3) is 0 Å². The van der Waals surface area contributed by atoms with E-state index < -0.39 is 5.97 Å². The highest BCUT2D eigenvalue weighted by Gasteiger charge is 2.54. The van der Waals surface area contributed by atoms with E-state index in [2.05, 4.69) is 26.1 Å². The average Bonchev–Trinajstić information content (AvgIpc) is 3.05. The molecule has 0 aromatic carbocycles. The van der Waals surface area contributed by atoms with Gasteiger partial charge in [0.1, 0.15) is 5.71 Å². The molecule has 5 nitrogen and oxygen atoms in total. The number of nitrogens with one attached hydrogen (secondary N) is 2. The Labute approximate surface area is 126 Å². The van der Waals surface area contributed by atoms with Crippen molar-refractivity contribution in [1.82, 2.24) is 5.32 Å². The first kappa shape index (κ1) is 16.0. The van der Waals surface area contributed by atoms with Crippen molar-refractivity contribution < 1.29 is 14.3 Å². The van der Waals surface area contributed by atoms with Gasteiger partial charge in [0.15, 0.2) is 0 Å². The van der Waals surface area contributed by atoms with Gasteiger partial charge in [-0.2, -0.15) is 0 Å². The Kier molecular flexibility index (Phi) is 4.42. The van der Waals surface area contributed by atoms with Crippen LogP contribution in [-0.4, -0.2) is 36.5 Å². The van der Waals surface area contributed by atoms with Gasteiger partial charge in [-0.25, -0.2) is 4.79 Å². The monoisotopic (exact) mass is 294 g/mol. The maximum absolute atomic E-state index is 11.6. The summed E-state index contributed by atoms with van der Waals surface area (Å²) in [6.07, 6.45) is 4.77. The molecule has 1 aliphatic carbocycles. The van der Waals surface area contributed by atoms with Crippen molar-refractivity contribution in [2.45, 2.75) is 58.6 Å². The van der Waals surface area contributed by atoms with Crippen LogP contribution in [0.5, 0.6) is 0 Å². The predicted molar refractivity (Wildman–Crippen MR) is 81.4 cm³/mol. The molecule has 1 saturated carbocycles. The van der Waals surface area contributed by atoms with Crippen LogP contribution >= 0.6 is 0 Å². The van der Waals surface area contributed by atoms with E-state index in [0.29, 0.717) is 0 Å². The lowest BCUT2D eigenvalue weighted by molar-refractivity contribution is -0.135. The second kappa shape index (κ2) is 5.79. The minimum absolute atomic E-state index is 0.00351. The number of carbonyl (C=O) groups is 1. The van der Waals surface area contributed by atoms with Crippen LogP contribution in [0.3, 0.4) is 0 Å². The molecule has 2 aliphatic rings. The first-order valence-electron chi connectivity index (χ1n) is 7.67. The number of hydrogen-bond acceptors (Lipinski definition) is 5. The van der Waals surface area contributed by atoms with Gasteiger partial charge in [0, 0.05) is 17.7 Å². The first-order valence-corrected chi connectivity index (χ1v) is 7.67. The number of ether oxygens (including phenoxy) is 2. The van der Waals surface area contributed by atoms with E-state index in [4.69, 9.17) is 14.9 Å². The molecule has 21 heavy (non-hydrogen) atoms. The predicted octanol–water partition coefficient (Wildman–Crippen LogP) is 2.41. The minimum Gasteiger partial charge on any atom is -0.461 e. The molecule has 1 saturated heterocycles. The third kappa shape index (κ3) is 3.64. The zero-order chi connectivity index (χ0) is 15.7. The minimum atomic E-state index is -0.579. The van der Waals surface area contributed by atoms with E-state index in [1.54, 1.807) is 13.0 Å². The van der Waals surface area contributed by atoms with Crippen LogP contribution in [0, 0.1) is 10.8 Å². The number of hydrogen-bond donors (Lipinski definition) is 2. The molecular formula is C16H26N2O3. The molecule has 118 valence electrons. The highest BCUT2D eigenvalue weighted by Crippen LogP contribution is 2.48. The zero-order valence-electron chi connectivity index (χ0n) is 13.4. The second-order valence-corrected chi connectivity index (χ2v) is 6.84. The Morgan fingerprint density at radius 1 is 1.48 bits per heavy atom. The lowest BCUT2D eigenvalue weighted by atomic mass is 9.89. The van der Waals surface area contributed by atoms with Crippen LogP contribution in [-0.2, 0) is 14.3 Å². The lowest BCUT2D eigenvalue weighted by Crippen LogP contribution is -2.41. The molecule has 2 rings (SSSR count). The van der Waals surface area contributed by atoms with Crippen molar-refractivity contribution in [3.05, 3.63) is 11.8 Å². The SMILES string of the molecule is CCOC(=O)C(=N)/C=C(\NC1CCOC12CC2)C(C)(C)C. The Morgan fingerprint density at radius 2 is 2.14 bits per heavy atom. The summed E-state index contributed by atoms with van der Waals surface area (Å²) in [5.74, 6) is -0.579. The van der Waals surface area contributed by atoms with Gasteiger partial charge >= 0.3 is 5.97 Å². The molecule has 2 fully saturated rings. The third-order valence-corrected chi connectivity index (χ3v) is 4.10. The summed E-state index contributed by atoms with van der Waals surface area (Å²) in [6.45, 7) is 9.01.